The summed E-state index contributed by atoms with van der Waals surface area (Å²) in [6.07, 6.45) is 0.742. The van der Waals surface area contributed by atoms with E-state index in [0.29, 0.717) is 25.7 Å². The lowest BCUT2D eigenvalue weighted by molar-refractivity contribution is -0.147. The predicted molar refractivity (Wildman–Crippen MR) is 113 cm³/mol. The second-order valence-electron chi connectivity index (χ2n) is 8.09. The minimum Gasteiger partial charge on any atom is -0.464 e. The molecule has 1 aromatic rings. The molecule has 1 N–H and O–H groups in total. The van der Waals surface area contributed by atoms with Crippen LogP contribution in [0.2, 0.25) is 0 Å². The van der Waals surface area contributed by atoms with Crippen molar-refractivity contribution < 1.29 is 27.5 Å². The van der Waals surface area contributed by atoms with Crippen LogP contribution in [-0.2, 0) is 24.3 Å². The molecular formula is C21H32N2O6S. The van der Waals surface area contributed by atoms with Crippen molar-refractivity contribution in [3.8, 4) is 0 Å². The maximum Gasteiger partial charge on any atom is 0.328 e. The van der Waals surface area contributed by atoms with Gasteiger partial charge in [0.1, 0.15) is 6.04 Å². The molecule has 1 heterocycles. The van der Waals surface area contributed by atoms with Crippen molar-refractivity contribution in [2.75, 3.05) is 32.9 Å². The number of rotatable bonds is 9. The average Bonchev–Trinajstić information content (AvgIpc) is 2.72. The van der Waals surface area contributed by atoms with E-state index in [4.69, 9.17) is 9.47 Å². The van der Waals surface area contributed by atoms with Gasteiger partial charge in [-0.05, 0) is 36.5 Å². The fourth-order valence-electron chi connectivity index (χ4n) is 2.94. The Bertz CT molecular complexity index is 832. The van der Waals surface area contributed by atoms with Gasteiger partial charge in [-0.1, -0.05) is 33.8 Å². The SMILES string of the molecule is CC(C)CCOC(=O)[C@@H](NC(=O)c1cccc(S(=O)(=O)N2CCOCC2)c1)C(C)C. The quantitative estimate of drug-likeness (QED) is 0.590. The standard InChI is InChI=1S/C21H32N2O6S/c1-15(2)8-11-29-21(25)19(16(3)4)22-20(24)17-6-5-7-18(14-17)30(26,27)23-9-12-28-13-10-23/h5-7,14-16,19H,8-13H2,1-4H3,(H,22,24)/t19-/m0/s1. The van der Waals surface area contributed by atoms with Gasteiger partial charge in [0, 0.05) is 18.7 Å². The van der Waals surface area contributed by atoms with E-state index >= 15 is 0 Å². The first kappa shape index (κ1) is 24.3. The van der Waals surface area contributed by atoms with Crippen LogP contribution < -0.4 is 5.32 Å². The maximum absolute atomic E-state index is 12.8. The van der Waals surface area contributed by atoms with Crippen molar-refractivity contribution >= 4 is 21.9 Å². The number of benzene rings is 1. The number of hydrogen-bond acceptors (Lipinski definition) is 6. The monoisotopic (exact) mass is 440 g/mol. The summed E-state index contributed by atoms with van der Waals surface area (Å²) in [7, 11) is -3.72. The number of nitrogens with zero attached hydrogens (tertiary/aromatic N) is 1. The third kappa shape index (κ3) is 6.52. The number of ether oxygens (including phenoxy) is 2. The van der Waals surface area contributed by atoms with Gasteiger partial charge in [-0.3, -0.25) is 4.79 Å². The van der Waals surface area contributed by atoms with E-state index in [1.54, 1.807) is 0 Å². The van der Waals surface area contributed by atoms with Crippen LogP contribution in [0, 0.1) is 11.8 Å². The Morgan fingerprint density at radius 1 is 1.17 bits per heavy atom. The molecule has 8 nitrogen and oxygen atoms in total. The van der Waals surface area contributed by atoms with E-state index in [9.17, 15) is 18.0 Å². The number of nitrogens with one attached hydrogen (secondary N) is 1. The molecule has 1 aliphatic heterocycles. The molecule has 1 saturated heterocycles. The number of carbonyl (C=O) groups is 2. The Labute approximate surface area is 179 Å². The fourth-order valence-corrected chi connectivity index (χ4v) is 4.40. The average molecular weight is 441 g/mol. The highest BCUT2D eigenvalue weighted by atomic mass is 32.2. The number of carbonyl (C=O) groups excluding carboxylic acids is 2. The molecule has 9 heteroatoms. The van der Waals surface area contributed by atoms with Gasteiger partial charge in [0.15, 0.2) is 0 Å². The zero-order valence-electron chi connectivity index (χ0n) is 18.1. The fraction of sp³-hybridized carbons (Fsp3) is 0.619. The number of sulfonamides is 1. The van der Waals surface area contributed by atoms with Crippen LogP contribution in [0.25, 0.3) is 0 Å². The van der Waals surface area contributed by atoms with Crippen LogP contribution in [-0.4, -0.2) is 63.6 Å². The summed E-state index contributed by atoms with van der Waals surface area (Å²) < 4.78 is 37.5. The Balaban J connectivity index is 2.11. The molecule has 0 aromatic heterocycles. The van der Waals surface area contributed by atoms with E-state index < -0.39 is 27.9 Å². The third-order valence-corrected chi connectivity index (χ3v) is 6.75. The molecule has 0 aliphatic carbocycles. The second kappa shape index (κ2) is 10.9. The van der Waals surface area contributed by atoms with Gasteiger partial charge in [-0.25, -0.2) is 13.2 Å². The van der Waals surface area contributed by atoms with Crippen LogP contribution in [0.5, 0.6) is 0 Å². The number of amides is 1. The van der Waals surface area contributed by atoms with Gasteiger partial charge in [-0.2, -0.15) is 4.31 Å². The molecule has 0 unspecified atom stereocenters. The molecule has 0 radical (unpaired) electrons. The van der Waals surface area contributed by atoms with E-state index in [-0.39, 0.29) is 29.5 Å². The molecule has 0 saturated carbocycles. The molecule has 0 spiro atoms. The van der Waals surface area contributed by atoms with Gasteiger partial charge in [0.25, 0.3) is 5.91 Å². The smallest absolute Gasteiger partial charge is 0.328 e. The molecule has 1 amide bonds. The van der Waals surface area contributed by atoms with Crippen LogP contribution in [0.4, 0.5) is 0 Å². The van der Waals surface area contributed by atoms with Crippen LogP contribution in [0.15, 0.2) is 29.2 Å². The van der Waals surface area contributed by atoms with Crippen LogP contribution in [0.3, 0.4) is 0 Å². The Kier molecular flexibility index (Phi) is 8.81. The van der Waals surface area contributed by atoms with Crippen molar-refractivity contribution in [2.24, 2.45) is 11.8 Å². The molecule has 30 heavy (non-hydrogen) atoms. The summed E-state index contributed by atoms with van der Waals surface area (Å²) in [4.78, 5) is 25.2. The van der Waals surface area contributed by atoms with Gasteiger partial charge >= 0.3 is 5.97 Å². The molecule has 1 atom stereocenters. The molecule has 0 bridgehead atoms. The highest BCUT2D eigenvalue weighted by molar-refractivity contribution is 7.89. The van der Waals surface area contributed by atoms with Gasteiger partial charge in [0.2, 0.25) is 10.0 Å². The summed E-state index contributed by atoms with van der Waals surface area (Å²) in [6, 6.07) is 5.02. The summed E-state index contributed by atoms with van der Waals surface area (Å²) in [5.41, 5.74) is 0.171. The molecule has 1 fully saturated rings. The van der Waals surface area contributed by atoms with Crippen molar-refractivity contribution in [3.05, 3.63) is 29.8 Å². The Morgan fingerprint density at radius 3 is 2.43 bits per heavy atom. The zero-order valence-corrected chi connectivity index (χ0v) is 18.9. The number of esters is 1. The topological polar surface area (TPSA) is 102 Å². The highest BCUT2D eigenvalue weighted by Crippen LogP contribution is 2.19. The van der Waals surface area contributed by atoms with E-state index in [0.717, 1.165) is 6.42 Å². The number of hydrogen-bond donors (Lipinski definition) is 1. The summed E-state index contributed by atoms with van der Waals surface area (Å²) in [6.45, 7) is 9.22. The predicted octanol–water partition coefficient (Wildman–Crippen LogP) is 2.05. The first-order valence-electron chi connectivity index (χ1n) is 10.3. The van der Waals surface area contributed by atoms with Crippen LogP contribution in [0.1, 0.15) is 44.5 Å². The lowest BCUT2D eigenvalue weighted by atomic mass is 10.0. The van der Waals surface area contributed by atoms with Gasteiger partial charge in [0.05, 0.1) is 24.7 Å². The van der Waals surface area contributed by atoms with Crippen molar-refractivity contribution in [1.29, 1.82) is 0 Å². The van der Waals surface area contributed by atoms with E-state index in [1.165, 1.54) is 28.6 Å². The van der Waals surface area contributed by atoms with Gasteiger partial charge in [-0.15, -0.1) is 0 Å². The van der Waals surface area contributed by atoms with Crippen LogP contribution >= 0.6 is 0 Å². The van der Waals surface area contributed by atoms with Crippen molar-refractivity contribution in [2.45, 2.75) is 45.1 Å². The first-order valence-corrected chi connectivity index (χ1v) is 11.7. The highest BCUT2D eigenvalue weighted by Gasteiger charge is 2.29. The summed E-state index contributed by atoms with van der Waals surface area (Å²) >= 11 is 0. The Hall–Kier alpha value is -1.97. The molecule has 2 rings (SSSR count). The van der Waals surface area contributed by atoms with Crippen molar-refractivity contribution in [3.63, 3.8) is 0 Å². The summed E-state index contributed by atoms with van der Waals surface area (Å²) in [5, 5.41) is 2.69. The number of morpholine rings is 1. The summed E-state index contributed by atoms with van der Waals surface area (Å²) in [5.74, 6) is -0.786. The van der Waals surface area contributed by atoms with E-state index in [2.05, 4.69) is 5.32 Å². The minimum absolute atomic E-state index is 0.0395. The minimum atomic E-state index is -3.72. The zero-order chi connectivity index (χ0) is 22.3. The normalized spacial score (nSPS) is 16.5. The molecule has 1 aliphatic rings. The molecule has 168 valence electrons. The van der Waals surface area contributed by atoms with E-state index in [1.807, 2.05) is 27.7 Å². The maximum atomic E-state index is 12.8. The second-order valence-corrected chi connectivity index (χ2v) is 10.0. The third-order valence-electron chi connectivity index (χ3n) is 4.85. The lowest BCUT2D eigenvalue weighted by Crippen LogP contribution is -2.45. The largest absolute Gasteiger partial charge is 0.464 e. The Morgan fingerprint density at radius 2 is 1.83 bits per heavy atom. The van der Waals surface area contributed by atoms with Gasteiger partial charge < -0.3 is 14.8 Å². The molecule has 1 aromatic carbocycles. The molecular weight excluding hydrogens is 408 g/mol. The first-order chi connectivity index (χ1) is 14.1. The van der Waals surface area contributed by atoms with Crippen molar-refractivity contribution in [1.82, 2.24) is 9.62 Å². The lowest BCUT2D eigenvalue weighted by Gasteiger charge is -2.26.